The van der Waals surface area contributed by atoms with Crippen LogP contribution in [0.15, 0.2) is 42.0 Å². The first-order valence-electron chi connectivity index (χ1n) is 8.13. The van der Waals surface area contributed by atoms with E-state index in [9.17, 15) is 9.59 Å². The minimum absolute atomic E-state index is 0.124. The fraction of sp³-hybridized carbons (Fsp3) is 0.400. The van der Waals surface area contributed by atoms with E-state index in [1.807, 2.05) is 38.1 Å². The van der Waals surface area contributed by atoms with E-state index in [1.165, 1.54) is 14.2 Å². The van der Waals surface area contributed by atoms with Crippen molar-refractivity contribution in [2.75, 3.05) is 21.3 Å². The molecule has 0 spiro atoms. The molecule has 0 atom stereocenters. The van der Waals surface area contributed by atoms with Crippen molar-refractivity contribution in [1.29, 1.82) is 0 Å². The molecule has 1 aromatic rings. The van der Waals surface area contributed by atoms with Crippen LogP contribution >= 0.6 is 0 Å². The Morgan fingerprint density at radius 1 is 1.04 bits per heavy atom. The number of ether oxygens (including phenoxy) is 3. The molecule has 0 bridgehead atoms. The highest BCUT2D eigenvalue weighted by atomic mass is 16.5. The van der Waals surface area contributed by atoms with E-state index in [-0.39, 0.29) is 12.3 Å². The molecular weight excluding hydrogens is 320 g/mol. The number of hydrogen-bond acceptors (Lipinski definition) is 5. The molecule has 0 unspecified atom stereocenters. The molecule has 134 valence electrons. The molecule has 5 nitrogen and oxygen atoms in total. The van der Waals surface area contributed by atoms with Gasteiger partial charge in [0.05, 0.1) is 21.3 Å². The Morgan fingerprint density at radius 3 is 2.16 bits per heavy atom. The molecule has 0 saturated heterocycles. The lowest BCUT2D eigenvalue weighted by molar-refractivity contribution is -0.165. The van der Waals surface area contributed by atoms with Gasteiger partial charge in [0.25, 0.3) is 0 Å². The Kier molecular flexibility index (Phi) is 5.67. The summed E-state index contributed by atoms with van der Waals surface area (Å²) >= 11 is 0. The molecule has 0 amide bonds. The SMILES string of the molecule is COC(=O)C1(C(=O)OC)C=CC(c2ccccc2OC)=C(C(C)C)C1. The lowest BCUT2D eigenvalue weighted by Gasteiger charge is -2.32. The van der Waals surface area contributed by atoms with Crippen molar-refractivity contribution < 1.29 is 23.8 Å². The third-order valence-electron chi connectivity index (χ3n) is 4.54. The standard InChI is InChI=1S/C20H24O5/c1-13(2)16-12-20(18(21)24-4,19(22)25-5)11-10-14(16)15-8-6-7-9-17(15)23-3/h6-11,13H,12H2,1-5H3. The molecule has 0 aromatic heterocycles. The maximum atomic E-state index is 12.4. The predicted octanol–water partition coefficient (Wildman–Crippen LogP) is 3.40. The van der Waals surface area contributed by atoms with Crippen molar-refractivity contribution in [3.05, 3.63) is 47.6 Å². The van der Waals surface area contributed by atoms with Gasteiger partial charge in [0, 0.05) is 5.56 Å². The Morgan fingerprint density at radius 2 is 1.64 bits per heavy atom. The van der Waals surface area contributed by atoms with E-state index in [1.54, 1.807) is 19.3 Å². The van der Waals surface area contributed by atoms with Gasteiger partial charge in [0.2, 0.25) is 0 Å². The minimum Gasteiger partial charge on any atom is -0.496 e. The molecule has 0 N–H and O–H groups in total. The summed E-state index contributed by atoms with van der Waals surface area (Å²) < 4.78 is 15.2. The highest BCUT2D eigenvalue weighted by Crippen LogP contribution is 2.44. The van der Waals surface area contributed by atoms with Crippen LogP contribution in [-0.4, -0.2) is 33.3 Å². The fourth-order valence-electron chi connectivity index (χ4n) is 3.16. The number of hydrogen-bond donors (Lipinski definition) is 0. The van der Waals surface area contributed by atoms with E-state index in [0.717, 1.165) is 22.5 Å². The van der Waals surface area contributed by atoms with Crippen molar-refractivity contribution in [3.63, 3.8) is 0 Å². The Labute approximate surface area is 148 Å². The smallest absolute Gasteiger partial charge is 0.327 e. The van der Waals surface area contributed by atoms with Crippen molar-refractivity contribution in [2.45, 2.75) is 20.3 Å². The average molecular weight is 344 g/mol. The molecule has 25 heavy (non-hydrogen) atoms. The minimum atomic E-state index is -1.45. The molecule has 0 aliphatic heterocycles. The van der Waals surface area contributed by atoms with Gasteiger partial charge in [-0.25, -0.2) is 0 Å². The van der Waals surface area contributed by atoms with E-state index >= 15 is 0 Å². The number of allylic oxidation sites excluding steroid dienone is 3. The monoisotopic (exact) mass is 344 g/mol. The lowest BCUT2D eigenvalue weighted by Crippen LogP contribution is -2.41. The summed E-state index contributed by atoms with van der Waals surface area (Å²) in [6.45, 7) is 4.06. The van der Waals surface area contributed by atoms with Crippen LogP contribution in [0.5, 0.6) is 5.75 Å². The second kappa shape index (κ2) is 7.55. The predicted molar refractivity (Wildman–Crippen MR) is 95.0 cm³/mol. The van der Waals surface area contributed by atoms with Gasteiger partial charge in [0.15, 0.2) is 5.41 Å². The molecular formula is C20H24O5. The van der Waals surface area contributed by atoms with Gasteiger partial charge >= 0.3 is 11.9 Å². The van der Waals surface area contributed by atoms with E-state index in [4.69, 9.17) is 14.2 Å². The van der Waals surface area contributed by atoms with Crippen LogP contribution in [0.25, 0.3) is 5.57 Å². The molecule has 5 heteroatoms. The Balaban J connectivity index is 2.62. The van der Waals surface area contributed by atoms with Gasteiger partial charge < -0.3 is 14.2 Å². The summed E-state index contributed by atoms with van der Waals surface area (Å²) in [4.78, 5) is 24.8. The lowest BCUT2D eigenvalue weighted by atomic mass is 9.72. The van der Waals surface area contributed by atoms with Gasteiger partial charge in [-0.2, -0.15) is 0 Å². The van der Waals surface area contributed by atoms with E-state index in [0.29, 0.717) is 0 Å². The molecule has 0 radical (unpaired) electrons. The number of benzene rings is 1. The molecule has 1 aromatic carbocycles. The van der Waals surface area contributed by atoms with Crippen LogP contribution in [-0.2, 0) is 19.1 Å². The highest BCUT2D eigenvalue weighted by molar-refractivity contribution is 6.04. The molecule has 0 saturated carbocycles. The van der Waals surface area contributed by atoms with E-state index < -0.39 is 17.4 Å². The molecule has 1 aliphatic rings. The first-order valence-corrected chi connectivity index (χ1v) is 8.13. The zero-order chi connectivity index (χ0) is 18.6. The van der Waals surface area contributed by atoms with Crippen molar-refractivity contribution in [1.82, 2.24) is 0 Å². The third-order valence-corrected chi connectivity index (χ3v) is 4.54. The molecule has 2 rings (SSSR count). The van der Waals surface area contributed by atoms with E-state index in [2.05, 4.69) is 0 Å². The number of carbonyl (C=O) groups excluding carboxylic acids is 2. The van der Waals surface area contributed by atoms with Crippen LogP contribution in [0, 0.1) is 11.3 Å². The van der Waals surface area contributed by atoms with Crippen LogP contribution < -0.4 is 4.74 Å². The summed E-state index contributed by atoms with van der Waals surface area (Å²) in [6, 6.07) is 7.68. The van der Waals surface area contributed by atoms with Gasteiger partial charge in [-0.15, -0.1) is 0 Å². The quantitative estimate of drug-likeness (QED) is 0.605. The largest absolute Gasteiger partial charge is 0.496 e. The van der Waals surface area contributed by atoms with Crippen LogP contribution in [0.1, 0.15) is 25.8 Å². The average Bonchev–Trinajstić information content (AvgIpc) is 2.65. The van der Waals surface area contributed by atoms with Crippen LogP contribution in [0.2, 0.25) is 0 Å². The maximum Gasteiger partial charge on any atom is 0.327 e. The van der Waals surface area contributed by atoms with Crippen LogP contribution in [0.3, 0.4) is 0 Å². The number of carbonyl (C=O) groups is 2. The van der Waals surface area contributed by atoms with Gasteiger partial charge in [-0.05, 0) is 24.0 Å². The Bertz CT molecular complexity index is 711. The van der Waals surface area contributed by atoms with Crippen molar-refractivity contribution in [2.24, 2.45) is 11.3 Å². The second-order valence-electron chi connectivity index (χ2n) is 6.26. The number of rotatable bonds is 5. The highest BCUT2D eigenvalue weighted by Gasteiger charge is 2.49. The van der Waals surface area contributed by atoms with Gasteiger partial charge in [-0.3, -0.25) is 9.59 Å². The zero-order valence-electron chi connectivity index (χ0n) is 15.3. The van der Waals surface area contributed by atoms with Crippen LogP contribution in [0.4, 0.5) is 0 Å². The summed E-state index contributed by atoms with van der Waals surface area (Å²) in [5.74, 6) is -0.372. The second-order valence-corrected chi connectivity index (χ2v) is 6.26. The third kappa shape index (κ3) is 3.31. The summed E-state index contributed by atoms with van der Waals surface area (Å²) in [6.07, 6.45) is 3.59. The number of esters is 2. The molecule has 0 heterocycles. The summed E-state index contributed by atoms with van der Waals surface area (Å²) in [5, 5.41) is 0. The number of methoxy groups -OCH3 is 3. The fourth-order valence-corrected chi connectivity index (χ4v) is 3.16. The molecule has 0 fully saturated rings. The first kappa shape index (κ1) is 18.8. The van der Waals surface area contributed by atoms with Crippen molar-refractivity contribution in [3.8, 4) is 5.75 Å². The van der Waals surface area contributed by atoms with Gasteiger partial charge in [-0.1, -0.05) is 49.8 Å². The normalized spacial score (nSPS) is 15.9. The van der Waals surface area contributed by atoms with Crippen molar-refractivity contribution >= 4 is 17.5 Å². The summed E-state index contributed by atoms with van der Waals surface area (Å²) in [7, 11) is 4.17. The Hall–Kier alpha value is -2.56. The molecule has 1 aliphatic carbocycles. The number of para-hydroxylation sites is 1. The summed E-state index contributed by atoms with van der Waals surface area (Å²) in [5.41, 5.74) is 1.40. The first-order chi connectivity index (χ1) is 11.9. The maximum absolute atomic E-state index is 12.4. The topological polar surface area (TPSA) is 61.8 Å². The van der Waals surface area contributed by atoms with Gasteiger partial charge in [0.1, 0.15) is 5.75 Å². The zero-order valence-corrected chi connectivity index (χ0v) is 15.3.